The first-order valence-electron chi connectivity index (χ1n) is 9.43. The second-order valence-electron chi connectivity index (χ2n) is 7.01. The van der Waals surface area contributed by atoms with Crippen molar-refractivity contribution in [3.05, 3.63) is 86.4 Å². The Bertz CT molecular complexity index is 1290. The molecule has 2 heterocycles. The zero-order valence-electron chi connectivity index (χ0n) is 16.6. The number of thioether (sulfide) groups is 1. The smallest absolute Gasteiger partial charge is 0.335 e. The Labute approximate surface area is 199 Å². The molecule has 1 aliphatic heterocycles. The van der Waals surface area contributed by atoms with E-state index in [1.54, 1.807) is 6.07 Å². The first kappa shape index (κ1) is 22.6. The molecule has 33 heavy (non-hydrogen) atoms. The third kappa shape index (κ3) is 4.91. The van der Waals surface area contributed by atoms with Crippen LogP contribution in [-0.2, 0) is 11.3 Å². The average Bonchev–Trinajstić information content (AvgIpc) is 3.35. The van der Waals surface area contributed by atoms with Gasteiger partial charge in [0.15, 0.2) is 0 Å². The van der Waals surface area contributed by atoms with Gasteiger partial charge in [-0.2, -0.15) is 0 Å². The fourth-order valence-electron chi connectivity index (χ4n) is 3.14. The Kier molecular flexibility index (Phi) is 6.21. The fraction of sp³-hybridized carbons (Fsp3) is 0.0435. The van der Waals surface area contributed by atoms with E-state index >= 15 is 0 Å². The third-order valence-corrected chi connectivity index (χ3v) is 6.18. The van der Waals surface area contributed by atoms with Crippen LogP contribution in [0.1, 0.15) is 32.0 Å². The van der Waals surface area contributed by atoms with Crippen LogP contribution in [0.5, 0.6) is 0 Å². The maximum atomic E-state index is 12.7. The molecule has 1 aliphatic rings. The minimum atomic E-state index is -1.27. The fourth-order valence-corrected chi connectivity index (χ4v) is 4.22. The number of aromatic carboxylic acids is 2. The number of nitrogens with zero attached hydrogens (tertiary/aromatic N) is 1. The van der Waals surface area contributed by atoms with Gasteiger partial charge in [-0.1, -0.05) is 28.1 Å². The molecule has 10 heteroatoms. The van der Waals surface area contributed by atoms with Crippen molar-refractivity contribution in [3.63, 3.8) is 0 Å². The summed E-state index contributed by atoms with van der Waals surface area (Å²) in [5.41, 5.74) is 0.665. The normalized spacial score (nSPS) is 14.8. The van der Waals surface area contributed by atoms with Crippen LogP contribution in [0.25, 0.3) is 17.4 Å². The highest BCUT2D eigenvalue weighted by molar-refractivity contribution is 9.10. The molecule has 2 aromatic carbocycles. The molecule has 8 nitrogen and oxygen atoms in total. The lowest BCUT2D eigenvalue weighted by molar-refractivity contribution is -0.123. The predicted octanol–water partition coefficient (Wildman–Crippen LogP) is 5.34. The SMILES string of the molecule is O=C(O)c1cc(C(=O)O)cc(-c2ccc(/C=C3\SC(=O)N(Cc4ccc(Br)cc4)C3=O)o2)c1. The Morgan fingerprint density at radius 2 is 1.61 bits per heavy atom. The van der Waals surface area contributed by atoms with Crippen molar-refractivity contribution in [3.8, 4) is 11.3 Å². The highest BCUT2D eigenvalue weighted by Gasteiger charge is 2.35. The topological polar surface area (TPSA) is 125 Å². The molecule has 0 unspecified atom stereocenters. The van der Waals surface area contributed by atoms with Crippen molar-refractivity contribution >= 4 is 56.9 Å². The molecule has 0 radical (unpaired) electrons. The van der Waals surface area contributed by atoms with E-state index in [1.807, 2.05) is 24.3 Å². The van der Waals surface area contributed by atoms with E-state index in [9.17, 15) is 29.4 Å². The van der Waals surface area contributed by atoms with Crippen LogP contribution in [-0.4, -0.2) is 38.2 Å². The highest BCUT2D eigenvalue weighted by Crippen LogP contribution is 2.34. The number of benzene rings is 2. The number of halogens is 1. The Morgan fingerprint density at radius 1 is 0.970 bits per heavy atom. The van der Waals surface area contributed by atoms with Gasteiger partial charge < -0.3 is 14.6 Å². The van der Waals surface area contributed by atoms with Gasteiger partial charge in [0.1, 0.15) is 11.5 Å². The summed E-state index contributed by atoms with van der Waals surface area (Å²) >= 11 is 4.13. The van der Waals surface area contributed by atoms with Gasteiger partial charge in [0.2, 0.25) is 0 Å². The standard InChI is InChI=1S/C23H14BrNO7S/c24-16-3-1-12(2-4-16)11-25-20(26)19(33-23(25)31)10-17-5-6-18(32-17)13-7-14(21(27)28)9-15(8-13)22(29)30/h1-10H,11H2,(H,27,28)(H,29,30)/b19-10-. The van der Waals surface area contributed by atoms with Crippen molar-refractivity contribution in [2.75, 3.05) is 0 Å². The van der Waals surface area contributed by atoms with Crippen LogP contribution in [0.3, 0.4) is 0 Å². The van der Waals surface area contributed by atoms with Gasteiger partial charge in [-0.05, 0) is 59.8 Å². The van der Waals surface area contributed by atoms with E-state index in [0.717, 1.165) is 32.8 Å². The van der Waals surface area contributed by atoms with Crippen molar-refractivity contribution in [2.45, 2.75) is 6.54 Å². The van der Waals surface area contributed by atoms with Crippen molar-refractivity contribution in [1.82, 2.24) is 4.90 Å². The molecule has 0 atom stereocenters. The Morgan fingerprint density at radius 3 is 2.21 bits per heavy atom. The second kappa shape index (κ2) is 9.08. The summed E-state index contributed by atoms with van der Waals surface area (Å²) in [7, 11) is 0. The lowest BCUT2D eigenvalue weighted by Crippen LogP contribution is -2.27. The molecule has 3 aromatic rings. The average molecular weight is 528 g/mol. The zero-order chi connectivity index (χ0) is 23.7. The molecule has 2 N–H and O–H groups in total. The molecule has 0 bridgehead atoms. The maximum Gasteiger partial charge on any atom is 0.335 e. The lowest BCUT2D eigenvalue weighted by Gasteiger charge is -2.12. The summed E-state index contributed by atoms with van der Waals surface area (Å²) in [5.74, 6) is -2.51. The monoisotopic (exact) mass is 527 g/mol. The second-order valence-corrected chi connectivity index (χ2v) is 8.91. The largest absolute Gasteiger partial charge is 0.478 e. The van der Waals surface area contributed by atoms with Gasteiger partial charge in [-0.3, -0.25) is 14.5 Å². The van der Waals surface area contributed by atoms with Crippen LogP contribution in [0.4, 0.5) is 4.79 Å². The zero-order valence-corrected chi connectivity index (χ0v) is 19.1. The van der Waals surface area contributed by atoms with Gasteiger partial charge in [0.05, 0.1) is 22.6 Å². The van der Waals surface area contributed by atoms with Crippen LogP contribution >= 0.6 is 27.7 Å². The van der Waals surface area contributed by atoms with Gasteiger partial charge in [-0.15, -0.1) is 0 Å². The molecule has 1 aromatic heterocycles. The summed E-state index contributed by atoms with van der Waals surface area (Å²) in [4.78, 5) is 49.1. The molecule has 0 spiro atoms. The van der Waals surface area contributed by atoms with E-state index < -0.39 is 23.1 Å². The number of amides is 2. The van der Waals surface area contributed by atoms with Crippen LogP contribution in [0.15, 0.2) is 68.4 Å². The van der Waals surface area contributed by atoms with Gasteiger partial charge in [-0.25, -0.2) is 9.59 Å². The molecule has 0 saturated carbocycles. The first-order valence-corrected chi connectivity index (χ1v) is 11.0. The van der Waals surface area contributed by atoms with E-state index in [1.165, 1.54) is 24.3 Å². The van der Waals surface area contributed by atoms with Crippen LogP contribution < -0.4 is 0 Å². The number of carboxylic acids is 2. The van der Waals surface area contributed by atoms with Crippen molar-refractivity contribution < 1.29 is 33.8 Å². The molecule has 4 rings (SSSR count). The molecular weight excluding hydrogens is 514 g/mol. The molecule has 1 fully saturated rings. The van der Waals surface area contributed by atoms with Crippen LogP contribution in [0.2, 0.25) is 0 Å². The number of hydrogen-bond donors (Lipinski definition) is 2. The summed E-state index contributed by atoms with van der Waals surface area (Å²) in [6.07, 6.45) is 1.43. The molecule has 2 amide bonds. The van der Waals surface area contributed by atoms with Gasteiger partial charge >= 0.3 is 11.9 Å². The first-order chi connectivity index (χ1) is 15.7. The number of furan rings is 1. The minimum Gasteiger partial charge on any atom is -0.478 e. The number of carbonyl (C=O) groups is 4. The maximum absolute atomic E-state index is 12.7. The van der Waals surface area contributed by atoms with Gasteiger partial charge in [0.25, 0.3) is 11.1 Å². The minimum absolute atomic E-state index is 0.138. The molecule has 166 valence electrons. The number of hydrogen-bond acceptors (Lipinski definition) is 6. The number of imide groups is 1. The molecule has 1 saturated heterocycles. The highest BCUT2D eigenvalue weighted by atomic mass is 79.9. The summed E-state index contributed by atoms with van der Waals surface area (Å²) in [6.45, 7) is 0.138. The summed E-state index contributed by atoms with van der Waals surface area (Å²) in [5, 5.41) is 18.1. The quantitative estimate of drug-likeness (QED) is 0.411. The van der Waals surface area contributed by atoms with E-state index in [2.05, 4.69) is 15.9 Å². The van der Waals surface area contributed by atoms with Crippen molar-refractivity contribution in [2.24, 2.45) is 0 Å². The number of carboxylic acid groups (broad SMARTS) is 2. The van der Waals surface area contributed by atoms with Crippen molar-refractivity contribution in [1.29, 1.82) is 0 Å². The number of carbonyl (C=O) groups excluding carboxylic acids is 2. The Hall–Kier alpha value is -3.63. The lowest BCUT2D eigenvalue weighted by atomic mass is 10.0. The molecule has 0 aliphatic carbocycles. The predicted molar refractivity (Wildman–Crippen MR) is 124 cm³/mol. The number of rotatable bonds is 6. The van der Waals surface area contributed by atoms with E-state index in [0.29, 0.717) is 0 Å². The van der Waals surface area contributed by atoms with E-state index in [-0.39, 0.29) is 39.7 Å². The van der Waals surface area contributed by atoms with Crippen LogP contribution in [0, 0.1) is 0 Å². The Balaban J connectivity index is 1.58. The summed E-state index contributed by atoms with van der Waals surface area (Å²) < 4.78 is 6.58. The summed E-state index contributed by atoms with van der Waals surface area (Å²) in [6, 6.07) is 14.0. The third-order valence-electron chi connectivity index (χ3n) is 4.74. The molecular formula is C23H14BrNO7S. The van der Waals surface area contributed by atoms with E-state index in [4.69, 9.17) is 4.42 Å². The van der Waals surface area contributed by atoms with Gasteiger partial charge in [0, 0.05) is 16.1 Å².